The minimum Gasteiger partial charge on any atom is -0.543 e. The quantitative estimate of drug-likeness (QED) is 0.813. The summed E-state index contributed by atoms with van der Waals surface area (Å²) in [7, 11) is -4.15. The summed E-state index contributed by atoms with van der Waals surface area (Å²) < 4.78 is 23.1. The lowest BCUT2D eigenvalue weighted by Gasteiger charge is -2.10. The number of nitrogens with two attached hydrogens (primary N) is 1. The topological polar surface area (TPSA) is 105 Å². The number of nitrogens with zero attached hydrogens (tertiary/aromatic N) is 1. The van der Waals surface area contributed by atoms with Crippen molar-refractivity contribution in [2.75, 3.05) is 0 Å². The Balaban J connectivity index is 2.48. The van der Waals surface area contributed by atoms with Crippen molar-refractivity contribution in [3.05, 3.63) is 59.4 Å². The van der Waals surface area contributed by atoms with Gasteiger partial charge in [-0.25, -0.2) is 9.11 Å². The van der Waals surface area contributed by atoms with Gasteiger partial charge >= 0.3 is 10.2 Å². The van der Waals surface area contributed by atoms with E-state index in [1.54, 1.807) is 0 Å². The monoisotopic (exact) mass is 279 g/mol. The molecule has 7 heteroatoms. The van der Waals surface area contributed by atoms with Gasteiger partial charge in [0.2, 0.25) is 0 Å². The zero-order valence-electron chi connectivity index (χ0n) is 9.81. The number of rotatable bonds is 4. The van der Waals surface area contributed by atoms with Gasteiger partial charge in [-0.3, -0.25) is 0 Å². The molecule has 19 heavy (non-hydrogen) atoms. The smallest absolute Gasteiger partial charge is 0.302 e. The van der Waals surface area contributed by atoms with Crippen LogP contribution in [0.3, 0.4) is 0 Å². The van der Waals surface area contributed by atoms with E-state index in [1.165, 1.54) is 6.07 Å². The van der Waals surface area contributed by atoms with Crippen LogP contribution < -0.4 is 10.2 Å². The van der Waals surface area contributed by atoms with Gasteiger partial charge in [0, 0.05) is 6.20 Å². The lowest BCUT2D eigenvalue weighted by atomic mass is 10.1. The van der Waals surface area contributed by atoms with E-state index in [2.05, 4.69) is 0 Å². The fourth-order valence-electron chi connectivity index (χ4n) is 1.84. The van der Waals surface area contributed by atoms with Gasteiger partial charge in [0.1, 0.15) is 0 Å². The molecule has 2 N–H and O–H groups in total. The largest absolute Gasteiger partial charge is 0.543 e. The molecule has 0 aliphatic carbocycles. The molecule has 0 fully saturated rings. The van der Waals surface area contributed by atoms with Gasteiger partial charge in [0.05, 0.1) is 11.7 Å². The maximum atomic E-state index is 11.3. The van der Waals surface area contributed by atoms with E-state index in [0.29, 0.717) is 9.54 Å². The summed E-state index contributed by atoms with van der Waals surface area (Å²) in [5.41, 5.74) is 0.753. The molecule has 1 heterocycles. The van der Waals surface area contributed by atoms with Crippen molar-refractivity contribution in [3.8, 4) is 0 Å². The van der Waals surface area contributed by atoms with E-state index in [4.69, 9.17) is 5.14 Å². The molecule has 0 saturated heterocycles. The van der Waals surface area contributed by atoms with Gasteiger partial charge in [0.25, 0.3) is 0 Å². The van der Waals surface area contributed by atoms with Crippen molar-refractivity contribution < 1.29 is 18.3 Å². The molecule has 0 unspecified atom stereocenters. The summed E-state index contributed by atoms with van der Waals surface area (Å²) in [5.74, 6) is -1.58. The SMILES string of the molecule is NS(=O)(=O)n1ccc(Cc2ccccc2)c1C(=O)[O-]. The van der Waals surface area contributed by atoms with Crippen LogP contribution in [0.2, 0.25) is 0 Å². The molecule has 2 rings (SSSR count). The number of carboxylic acid groups (broad SMARTS) is 1. The lowest BCUT2D eigenvalue weighted by Crippen LogP contribution is -2.32. The third-order valence-electron chi connectivity index (χ3n) is 2.64. The Bertz CT molecular complexity index is 705. The summed E-state index contributed by atoms with van der Waals surface area (Å²) in [6.07, 6.45) is 1.39. The molecule has 0 spiro atoms. The Morgan fingerprint density at radius 2 is 1.84 bits per heavy atom. The highest BCUT2D eigenvalue weighted by molar-refractivity contribution is 7.87. The van der Waals surface area contributed by atoms with Crippen LogP contribution in [0.5, 0.6) is 0 Å². The molecular weight excluding hydrogens is 268 g/mol. The third kappa shape index (κ3) is 2.83. The Morgan fingerprint density at radius 3 is 2.37 bits per heavy atom. The van der Waals surface area contributed by atoms with Gasteiger partial charge in [-0.1, -0.05) is 30.3 Å². The van der Waals surface area contributed by atoms with Crippen LogP contribution >= 0.6 is 0 Å². The number of carbonyl (C=O) groups is 1. The normalized spacial score (nSPS) is 11.4. The zero-order chi connectivity index (χ0) is 14.0. The highest BCUT2D eigenvalue weighted by atomic mass is 32.2. The van der Waals surface area contributed by atoms with Crippen molar-refractivity contribution in [1.29, 1.82) is 0 Å². The van der Waals surface area contributed by atoms with Crippen molar-refractivity contribution in [1.82, 2.24) is 3.97 Å². The summed E-state index contributed by atoms with van der Waals surface area (Å²) in [6, 6.07) is 10.5. The molecular formula is C12H11N2O4S-. The second-order valence-electron chi connectivity index (χ2n) is 3.98. The predicted octanol–water partition coefficient (Wildman–Crippen LogP) is -0.506. The van der Waals surface area contributed by atoms with E-state index < -0.39 is 21.9 Å². The first-order chi connectivity index (χ1) is 8.89. The molecule has 1 aromatic heterocycles. The number of hydrogen-bond donors (Lipinski definition) is 1. The first-order valence-electron chi connectivity index (χ1n) is 5.38. The van der Waals surface area contributed by atoms with Crippen LogP contribution in [0.4, 0.5) is 0 Å². The Labute approximate surface area is 110 Å². The van der Waals surface area contributed by atoms with Crippen LogP contribution in [0.15, 0.2) is 42.6 Å². The maximum Gasteiger partial charge on any atom is 0.302 e. The highest BCUT2D eigenvalue weighted by Crippen LogP contribution is 2.16. The van der Waals surface area contributed by atoms with Crippen LogP contribution in [0.1, 0.15) is 21.6 Å². The molecule has 1 aromatic carbocycles. The van der Waals surface area contributed by atoms with Gasteiger partial charge in [-0.15, -0.1) is 0 Å². The molecule has 2 aromatic rings. The van der Waals surface area contributed by atoms with Gasteiger partial charge in [0.15, 0.2) is 0 Å². The maximum absolute atomic E-state index is 11.3. The van der Waals surface area contributed by atoms with Crippen LogP contribution in [-0.2, 0) is 16.6 Å². The predicted molar refractivity (Wildman–Crippen MR) is 66.5 cm³/mol. The minimum atomic E-state index is -4.15. The fraction of sp³-hybridized carbons (Fsp3) is 0.0833. The number of hydrogen-bond acceptors (Lipinski definition) is 4. The second kappa shape index (κ2) is 4.87. The Hall–Kier alpha value is -2.12. The number of benzene rings is 1. The standard InChI is InChI=1S/C12H12N2O4S/c13-19(17,18)14-7-6-10(11(14)12(15)16)8-9-4-2-1-3-5-9/h1-7H,8H2,(H,15,16)(H2,13,17,18)/p-1. The number of carbonyl (C=O) groups excluding carboxylic acids is 1. The van der Waals surface area contributed by atoms with E-state index in [0.717, 1.165) is 11.8 Å². The van der Waals surface area contributed by atoms with Gasteiger partial charge in [-0.05, 0) is 23.6 Å². The minimum absolute atomic E-state index is 0.284. The molecule has 0 radical (unpaired) electrons. The van der Waals surface area contributed by atoms with Crippen molar-refractivity contribution in [2.45, 2.75) is 6.42 Å². The van der Waals surface area contributed by atoms with Crippen molar-refractivity contribution in [3.63, 3.8) is 0 Å². The number of aromatic carboxylic acids is 1. The van der Waals surface area contributed by atoms with Crippen molar-refractivity contribution >= 4 is 16.2 Å². The first-order valence-corrected chi connectivity index (χ1v) is 6.88. The Morgan fingerprint density at radius 1 is 1.21 bits per heavy atom. The van der Waals surface area contributed by atoms with Crippen LogP contribution in [0.25, 0.3) is 0 Å². The molecule has 6 nitrogen and oxygen atoms in total. The Kier molecular flexibility index (Phi) is 3.41. The molecule has 0 bridgehead atoms. The van der Waals surface area contributed by atoms with Gasteiger partial charge < -0.3 is 9.90 Å². The summed E-state index contributed by atoms with van der Waals surface area (Å²) >= 11 is 0. The van der Waals surface area contributed by atoms with Crippen molar-refractivity contribution in [2.24, 2.45) is 5.14 Å². The van der Waals surface area contributed by atoms with Gasteiger partial charge in [-0.2, -0.15) is 8.42 Å². The molecule has 0 amide bonds. The second-order valence-corrected chi connectivity index (χ2v) is 5.40. The zero-order valence-corrected chi connectivity index (χ0v) is 10.6. The third-order valence-corrected chi connectivity index (χ3v) is 3.49. The van der Waals surface area contributed by atoms with E-state index in [9.17, 15) is 18.3 Å². The highest BCUT2D eigenvalue weighted by Gasteiger charge is 2.17. The van der Waals surface area contributed by atoms with Crippen LogP contribution in [-0.4, -0.2) is 18.4 Å². The van der Waals surface area contributed by atoms with E-state index in [1.807, 2.05) is 30.3 Å². The molecule has 0 atom stereocenters. The van der Waals surface area contributed by atoms with E-state index in [-0.39, 0.29) is 6.42 Å². The summed E-state index contributed by atoms with van der Waals surface area (Å²) in [6.45, 7) is 0. The first kappa shape index (κ1) is 13.3. The molecule has 0 saturated carbocycles. The molecule has 100 valence electrons. The fourth-order valence-corrected chi connectivity index (χ4v) is 2.52. The summed E-state index contributed by atoms with van der Waals surface area (Å²) in [5, 5.41) is 16.0. The van der Waals surface area contributed by atoms with Crippen LogP contribution in [0, 0.1) is 0 Å². The summed E-state index contributed by atoms with van der Waals surface area (Å²) in [4.78, 5) is 11.1. The number of aromatic nitrogens is 1. The van der Waals surface area contributed by atoms with E-state index >= 15 is 0 Å². The molecule has 0 aliphatic heterocycles. The molecule has 0 aliphatic rings. The average Bonchev–Trinajstić information content (AvgIpc) is 2.74. The lowest BCUT2D eigenvalue weighted by molar-refractivity contribution is -0.255. The average molecular weight is 279 g/mol. The number of carboxylic acids is 1.